The number of halogens is 2. The topological polar surface area (TPSA) is 58.6 Å². The van der Waals surface area contributed by atoms with Gasteiger partial charge in [-0.25, -0.2) is 0 Å². The van der Waals surface area contributed by atoms with E-state index in [1.165, 1.54) is 0 Å². The fourth-order valence-corrected chi connectivity index (χ4v) is 3.66. The molecule has 5 nitrogen and oxygen atoms in total. The number of carbonyl (C=O) groups excluding carboxylic acids is 2. The number of amides is 2. The maximum atomic E-state index is 13.3. The van der Waals surface area contributed by atoms with E-state index in [1.54, 1.807) is 30.2 Å². The van der Waals surface area contributed by atoms with Crippen LogP contribution in [0.3, 0.4) is 0 Å². The van der Waals surface area contributed by atoms with Crippen LogP contribution in [0.2, 0.25) is 10.0 Å². The van der Waals surface area contributed by atoms with Crippen LogP contribution in [0.1, 0.15) is 38.3 Å². The Morgan fingerprint density at radius 1 is 1.10 bits per heavy atom. The second-order valence-electron chi connectivity index (χ2n) is 7.85. The summed E-state index contributed by atoms with van der Waals surface area (Å²) in [6.07, 6.45) is 0.659. The first-order valence-electron chi connectivity index (χ1n) is 10.4. The lowest BCUT2D eigenvalue weighted by atomic mass is 10.1. The number of ether oxygens (including phenoxy) is 1. The van der Waals surface area contributed by atoms with Gasteiger partial charge in [0.15, 0.2) is 0 Å². The van der Waals surface area contributed by atoms with Gasteiger partial charge in [0.25, 0.3) is 0 Å². The van der Waals surface area contributed by atoms with Gasteiger partial charge in [0.1, 0.15) is 11.8 Å². The molecule has 0 aliphatic rings. The highest BCUT2D eigenvalue weighted by molar-refractivity contribution is 6.35. The molecule has 31 heavy (non-hydrogen) atoms. The third kappa shape index (κ3) is 7.44. The molecule has 2 aromatic carbocycles. The van der Waals surface area contributed by atoms with Crippen LogP contribution in [0.4, 0.5) is 0 Å². The molecular formula is C24H30Cl2N2O3. The number of carbonyl (C=O) groups is 2. The van der Waals surface area contributed by atoms with Gasteiger partial charge in [-0.1, -0.05) is 62.2 Å². The van der Waals surface area contributed by atoms with Crippen LogP contribution in [-0.4, -0.2) is 36.4 Å². The lowest BCUT2D eigenvalue weighted by Crippen LogP contribution is -2.50. The van der Waals surface area contributed by atoms with Crippen LogP contribution in [0.15, 0.2) is 42.5 Å². The molecule has 2 amide bonds. The van der Waals surface area contributed by atoms with E-state index < -0.39 is 6.04 Å². The van der Waals surface area contributed by atoms with Crippen molar-refractivity contribution in [2.45, 2.75) is 46.2 Å². The van der Waals surface area contributed by atoms with Crippen LogP contribution in [0.25, 0.3) is 0 Å². The molecule has 0 aliphatic carbocycles. The molecule has 0 aliphatic heterocycles. The standard InChI is InChI=1S/C24H30Cl2N2O3/c1-5-22(24(30)27-14-16(2)3)28(15-18-8-9-19(25)13-21(18)26)23(29)12-17-6-10-20(31-4)11-7-17/h6-11,13,16,22H,5,12,14-15H2,1-4H3,(H,27,30)/t22-/m1/s1. The second-order valence-corrected chi connectivity index (χ2v) is 8.69. The maximum Gasteiger partial charge on any atom is 0.242 e. The summed E-state index contributed by atoms with van der Waals surface area (Å²) in [6, 6.07) is 11.9. The van der Waals surface area contributed by atoms with Gasteiger partial charge >= 0.3 is 0 Å². The lowest BCUT2D eigenvalue weighted by Gasteiger charge is -2.31. The molecule has 0 saturated heterocycles. The molecule has 168 valence electrons. The van der Waals surface area contributed by atoms with E-state index in [4.69, 9.17) is 27.9 Å². The van der Waals surface area contributed by atoms with Crippen molar-refractivity contribution in [3.05, 3.63) is 63.6 Å². The molecule has 0 saturated carbocycles. The summed E-state index contributed by atoms with van der Waals surface area (Å²) in [6.45, 7) is 6.73. The third-order valence-electron chi connectivity index (χ3n) is 4.94. The molecule has 0 aromatic heterocycles. The number of benzene rings is 2. The number of nitrogens with one attached hydrogen (secondary N) is 1. The van der Waals surface area contributed by atoms with E-state index in [2.05, 4.69) is 5.32 Å². The zero-order valence-electron chi connectivity index (χ0n) is 18.5. The number of rotatable bonds is 10. The van der Waals surface area contributed by atoms with Gasteiger partial charge in [-0.3, -0.25) is 9.59 Å². The van der Waals surface area contributed by atoms with Gasteiger partial charge in [0, 0.05) is 23.1 Å². The summed E-state index contributed by atoms with van der Waals surface area (Å²) in [7, 11) is 1.60. The Morgan fingerprint density at radius 2 is 1.77 bits per heavy atom. The van der Waals surface area contributed by atoms with Gasteiger partial charge in [-0.15, -0.1) is 0 Å². The van der Waals surface area contributed by atoms with E-state index in [1.807, 2.05) is 45.0 Å². The van der Waals surface area contributed by atoms with Crippen LogP contribution in [0.5, 0.6) is 5.75 Å². The zero-order valence-corrected chi connectivity index (χ0v) is 20.0. The molecule has 0 spiro atoms. The average Bonchev–Trinajstić information content (AvgIpc) is 2.74. The Labute approximate surface area is 194 Å². The second kappa shape index (κ2) is 12.0. The summed E-state index contributed by atoms with van der Waals surface area (Å²) >= 11 is 12.4. The third-order valence-corrected chi connectivity index (χ3v) is 5.53. The first-order chi connectivity index (χ1) is 14.7. The largest absolute Gasteiger partial charge is 0.497 e. The fourth-order valence-electron chi connectivity index (χ4n) is 3.20. The van der Waals surface area contributed by atoms with E-state index in [9.17, 15) is 9.59 Å². The van der Waals surface area contributed by atoms with Crippen LogP contribution in [-0.2, 0) is 22.6 Å². The minimum absolute atomic E-state index is 0.150. The Balaban J connectivity index is 2.29. The van der Waals surface area contributed by atoms with E-state index in [0.717, 1.165) is 16.9 Å². The Morgan fingerprint density at radius 3 is 2.32 bits per heavy atom. The number of methoxy groups -OCH3 is 1. The van der Waals surface area contributed by atoms with Crippen molar-refractivity contribution in [3.63, 3.8) is 0 Å². The monoisotopic (exact) mass is 464 g/mol. The van der Waals surface area contributed by atoms with Gasteiger partial charge in [-0.2, -0.15) is 0 Å². The normalized spacial score (nSPS) is 11.8. The summed E-state index contributed by atoms with van der Waals surface area (Å²) in [5.41, 5.74) is 1.58. The van der Waals surface area contributed by atoms with Crippen molar-refractivity contribution in [1.29, 1.82) is 0 Å². The molecule has 0 heterocycles. The highest BCUT2D eigenvalue weighted by Gasteiger charge is 2.29. The Kier molecular flexibility index (Phi) is 9.66. The lowest BCUT2D eigenvalue weighted by molar-refractivity contribution is -0.141. The Hall–Kier alpha value is -2.24. The first kappa shape index (κ1) is 25.0. The minimum atomic E-state index is -0.601. The summed E-state index contributed by atoms with van der Waals surface area (Å²) < 4.78 is 5.18. The highest BCUT2D eigenvalue weighted by Crippen LogP contribution is 2.24. The first-order valence-corrected chi connectivity index (χ1v) is 11.1. The molecule has 0 bridgehead atoms. The smallest absolute Gasteiger partial charge is 0.242 e. The van der Waals surface area contributed by atoms with Gasteiger partial charge in [-0.05, 0) is 47.7 Å². The molecule has 7 heteroatoms. The number of hydrogen-bond donors (Lipinski definition) is 1. The number of hydrogen-bond acceptors (Lipinski definition) is 3. The quantitative estimate of drug-likeness (QED) is 0.530. The molecule has 0 radical (unpaired) electrons. The maximum absolute atomic E-state index is 13.3. The van der Waals surface area contributed by atoms with Crippen LogP contribution >= 0.6 is 23.2 Å². The van der Waals surface area contributed by atoms with Crippen molar-refractivity contribution in [3.8, 4) is 5.75 Å². The van der Waals surface area contributed by atoms with E-state index in [0.29, 0.717) is 28.9 Å². The van der Waals surface area contributed by atoms with Crippen molar-refractivity contribution in [2.24, 2.45) is 5.92 Å². The molecule has 0 fully saturated rings. The highest BCUT2D eigenvalue weighted by atomic mass is 35.5. The van der Waals surface area contributed by atoms with Gasteiger partial charge in [0.05, 0.1) is 13.5 Å². The van der Waals surface area contributed by atoms with Crippen molar-refractivity contribution in [2.75, 3.05) is 13.7 Å². The van der Waals surface area contributed by atoms with Crippen molar-refractivity contribution in [1.82, 2.24) is 10.2 Å². The fraction of sp³-hybridized carbons (Fsp3) is 0.417. The molecule has 0 unspecified atom stereocenters. The van der Waals surface area contributed by atoms with Gasteiger partial charge < -0.3 is 15.0 Å². The minimum Gasteiger partial charge on any atom is -0.497 e. The van der Waals surface area contributed by atoms with E-state index >= 15 is 0 Å². The van der Waals surface area contributed by atoms with Crippen molar-refractivity contribution < 1.29 is 14.3 Å². The molecule has 2 rings (SSSR count). The predicted molar refractivity (Wildman–Crippen MR) is 126 cm³/mol. The van der Waals surface area contributed by atoms with Crippen LogP contribution < -0.4 is 10.1 Å². The SMILES string of the molecule is CC[C@H](C(=O)NCC(C)C)N(Cc1ccc(Cl)cc1Cl)C(=O)Cc1ccc(OC)cc1. The number of nitrogens with zero attached hydrogens (tertiary/aromatic N) is 1. The molecule has 2 aromatic rings. The molecular weight excluding hydrogens is 435 g/mol. The molecule has 1 atom stereocenters. The Bertz CT molecular complexity index is 885. The summed E-state index contributed by atoms with van der Waals surface area (Å²) in [5, 5.41) is 3.94. The van der Waals surface area contributed by atoms with Gasteiger partial charge in [0.2, 0.25) is 11.8 Å². The van der Waals surface area contributed by atoms with Crippen LogP contribution in [0, 0.1) is 5.92 Å². The zero-order chi connectivity index (χ0) is 23.0. The van der Waals surface area contributed by atoms with Crippen molar-refractivity contribution >= 4 is 35.0 Å². The average molecular weight is 465 g/mol. The molecule has 1 N–H and O–H groups in total. The summed E-state index contributed by atoms with van der Waals surface area (Å²) in [5.74, 6) is 0.725. The van der Waals surface area contributed by atoms with E-state index in [-0.39, 0.29) is 24.8 Å². The summed E-state index contributed by atoms with van der Waals surface area (Å²) in [4.78, 5) is 27.9. The predicted octanol–water partition coefficient (Wildman–Crippen LogP) is 5.12.